The predicted molar refractivity (Wildman–Crippen MR) is 139 cm³/mol. The fourth-order valence-corrected chi connectivity index (χ4v) is 6.89. The van der Waals surface area contributed by atoms with Gasteiger partial charge in [0.1, 0.15) is 10.5 Å². The van der Waals surface area contributed by atoms with Gasteiger partial charge in [0.25, 0.3) is 0 Å². The van der Waals surface area contributed by atoms with Gasteiger partial charge in [0.15, 0.2) is 0 Å². The van der Waals surface area contributed by atoms with Crippen molar-refractivity contribution in [2.45, 2.75) is 25.0 Å². The van der Waals surface area contributed by atoms with Crippen LogP contribution in [-0.4, -0.2) is 65.3 Å². The molecule has 5 rings (SSSR count). The number of rotatable bonds is 9. The van der Waals surface area contributed by atoms with Crippen molar-refractivity contribution in [3.63, 3.8) is 0 Å². The van der Waals surface area contributed by atoms with Crippen molar-refractivity contribution >= 4 is 51.0 Å². The highest BCUT2D eigenvalue weighted by Crippen LogP contribution is 2.49. The summed E-state index contributed by atoms with van der Waals surface area (Å²) in [5, 5.41) is 8.67. The molecule has 1 amide bonds. The van der Waals surface area contributed by atoms with Crippen LogP contribution in [0, 0.1) is 12.8 Å². The van der Waals surface area contributed by atoms with Gasteiger partial charge in [-0.3, -0.25) is 9.79 Å². The maximum Gasteiger partial charge on any atom is 0.226 e. The van der Waals surface area contributed by atoms with E-state index in [1.54, 1.807) is 30.2 Å². The van der Waals surface area contributed by atoms with Gasteiger partial charge in [0.2, 0.25) is 5.91 Å². The summed E-state index contributed by atoms with van der Waals surface area (Å²) in [6.45, 7) is 4.73. The predicted octanol–water partition coefficient (Wildman–Crippen LogP) is 3.41. The second-order valence-electron chi connectivity index (χ2n) is 8.40. The summed E-state index contributed by atoms with van der Waals surface area (Å²) in [5.41, 5.74) is 4.09. The monoisotopic (exact) mass is 496 g/mol. The second kappa shape index (κ2) is 10.4. The molecular weight excluding hydrogens is 468 g/mol. The Labute approximate surface area is 206 Å². The van der Waals surface area contributed by atoms with Crippen LogP contribution in [-0.2, 0) is 9.53 Å². The average Bonchev–Trinajstić information content (AvgIpc) is 3.54. The first-order valence-electron chi connectivity index (χ1n) is 11.4. The molecule has 2 aliphatic heterocycles. The summed E-state index contributed by atoms with van der Waals surface area (Å²) < 4.78 is 8.18. The Morgan fingerprint density at radius 2 is 2.24 bits per heavy atom. The molecule has 10 heteroatoms. The van der Waals surface area contributed by atoms with E-state index in [9.17, 15) is 4.79 Å². The standard InChI is InChI=1S/C24H28N6O2S2/c1-15-13-30(14-27-15)17-4-3-5-18-22(17)29-24(33-18)21-16-6-8-26-12-19(16)34-23(21)28-20(31)7-9-25-10-11-32-2/h3-5,8,13-14,16,19,25H,6-7,9-12H2,1-2H3,(H,28,31). The Kier molecular flexibility index (Phi) is 7.10. The first-order valence-corrected chi connectivity index (χ1v) is 13.1. The lowest BCUT2D eigenvalue weighted by Crippen LogP contribution is -2.28. The van der Waals surface area contributed by atoms with Gasteiger partial charge < -0.3 is 19.9 Å². The van der Waals surface area contributed by atoms with Crippen LogP contribution in [0.3, 0.4) is 0 Å². The van der Waals surface area contributed by atoms with E-state index in [4.69, 9.17) is 9.72 Å². The molecule has 2 atom stereocenters. The van der Waals surface area contributed by atoms with Gasteiger partial charge >= 0.3 is 0 Å². The molecule has 8 nitrogen and oxygen atoms in total. The zero-order chi connectivity index (χ0) is 23.5. The number of hydrogen-bond donors (Lipinski definition) is 2. The fourth-order valence-electron chi connectivity index (χ4n) is 4.31. The number of carbonyl (C=O) groups excluding carboxylic acids is 1. The summed E-state index contributed by atoms with van der Waals surface area (Å²) in [6, 6.07) is 6.23. The summed E-state index contributed by atoms with van der Waals surface area (Å²) in [4.78, 5) is 26.7. The van der Waals surface area contributed by atoms with Crippen molar-refractivity contribution in [1.29, 1.82) is 0 Å². The van der Waals surface area contributed by atoms with Crippen molar-refractivity contribution in [1.82, 2.24) is 25.2 Å². The largest absolute Gasteiger partial charge is 0.383 e. The molecule has 3 aromatic rings. The van der Waals surface area contributed by atoms with Crippen LogP contribution in [0.1, 0.15) is 23.5 Å². The maximum atomic E-state index is 12.7. The van der Waals surface area contributed by atoms with Gasteiger partial charge in [-0.05, 0) is 31.7 Å². The van der Waals surface area contributed by atoms with Crippen LogP contribution in [0.4, 0.5) is 0 Å². The SMILES string of the molecule is COCCNCCC(=O)NC1=C(c2nc3c(-n4cnc(C)c4)cccc3s2)C2CC=NCC2S1. The molecule has 2 unspecified atom stereocenters. The van der Waals surface area contributed by atoms with Crippen LogP contribution in [0.25, 0.3) is 21.5 Å². The third-order valence-corrected chi connectivity index (χ3v) is 8.38. The van der Waals surface area contributed by atoms with Gasteiger partial charge in [0, 0.05) is 49.6 Å². The number of aryl methyl sites for hydroxylation is 1. The number of imidazole rings is 1. The van der Waals surface area contributed by atoms with E-state index in [0.717, 1.165) is 56.7 Å². The van der Waals surface area contributed by atoms with Crippen LogP contribution < -0.4 is 10.6 Å². The zero-order valence-electron chi connectivity index (χ0n) is 19.3. The number of hydrogen-bond acceptors (Lipinski definition) is 8. The number of benzene rings is 1. The molecule has 0 spiro atoms. The molecular formula is C24H28N6O2S2. The number of amides is 1. The minimum atomic E-state index is 0.0140. The van der Waals surface area contributed by atoms with Gasteiger partial charge in [-0.25, -0.2) is 9.97 Å². The number of ether oxygens (including phenoxy) is 1. The second-order valence-corrected chi connectivity index (χ2v) is 10.7. The van der Waals surface area contributed by atoms with E-state index in [-0.39, 0.29) is 5.91 Å². The van der Waals surface area contributed by atoms with E-state index in [1.807, 2.05) is 30.2 Å². The van der Waals surface area contributed by atoms with E-state index >= 15 is 0 Å². The highest BCUT2D eigenvalue weighted by Gasteiger charge is 2.39. The van der Waals surface area contributed by atoms with Crippen LogP contribution in [0.2, 0.25) is 0 Å². The molecule has 0 saturated carbocycles. The molecule has 0 fully saturated rings. The number of aliphatic imine (C=N–C) groups is 1. The number of nitrogens with zero attached hydrogens (tertiary/aromatic N) is 4. The molecule has 2 aliphatic rings. The van der Waals surface area contributed by atoms with Crippen LogP contribution in [0.15, 0.2) is 40.7 Å². The maximum absolute atomic E-state index is 12.7. The van der Waals surface area contributed by atoms with Crippen molar-refractivity contribution in [2.24, 2.45) is 10.9 Å². The zero-order valence-corrected chi connectivity index (χ0v) is 20.9. The topological polar surface area (TPSA) is 93.4 Å². The fraction of sp³-hybridized carbons (Fsp3) is 0.417. The number of aromatic nitrogens is 3. The lowest BCUT2D eigenvalue weighted by molar-refractivity contribution is -0.120. The summed E-state index contributed by atoms with van der Waals surface area (Å²) in [5.74, 6) is 0.317. The molecule has 0 aliphatic carbocycles. The van der Waals surface area contributed by atoms with Crippen molar-refractivity contribution < 1.29 is 9.53 Å². The Balaban J connectivity index is 1.44. The molecule has 1 aromatic carbocycles. The minimum absolute atomic E-state index is 0.0140. The van der Waals surface area contributed by atoms with Crippen LogP contribution in [0.5, 0.6) is 0 Å². The number of para-hydroxylation sites is 1. The quantitative estimate of drug-likeness (QED) is 0.441. The molecule has 0 radical (unpaired) electrons. The lowest BCUT2D eigenvalue weighted by atomic mass is 9.92. The van der Waals surface area contributed by atoms with E-state index in [1.165, 1.54) is 0 Å². The molecule has 0 saturated heterocycles. The molecule has 34 heavy (non-hydrogen) atoms. The Morgan fingerprint density at radius 1 is 1.32 bits per heavy atom. The number of nitrogens with one attached hydrogen (secondary N) is 2. The van der Waals surface area contributed by atoms with E-state index in [0.29, 0.717) is 30.7 Å². The number of methoxy groups -OCH3 is 1. The number of allylic oxidation sites excluding steroid dienone is 1. The van der Waals surface area contributed by atoms with Crippen molar-refractivity contribution in [3.05, 3.63) is 46.5 Å². The summed E-state index contributed by atoms with van der Waals surface area (Å²) in [7, 11) is 1.67. The van der Waals surface area contributed by atoms with Crippen molar-refractivity contribution in [3.8, 4) is 5.69 Å². The van der Waals surface area contributed by atoms with Gasteiger partial charge in [-0.15, -0.1) is 23.1 Å². The lowest BCUT2D eigenvalue weighted by Gasteiger charge is -2.20. The molecule has 2 N–H and O–H groups in total. The van der Waals surface area contributed by atoms with Crippen LogP contribution >= 0.6 is 23.1 Å². The van der Waals surface area contributed by atoms with E-state index in [2.05, 4.69) is 38.8 Å². The number of carbonyl (C=O) groups is 1. The Morgan fingerprint density at radius 3 is 3.06 bits per heavy atom. The highest BCUT2D eigenvalue weighted by atomic mass is 32.2. The third-order valence-electron chi connectivity index (χ3n) is 5.99. The summed E-state index contributed by atoms with van der Waals surface area (Å²) >= 11 is 3.42. The van der Waals surface area contributed by atoms with Crippen molar-refractivity contribution in [2.75, 3.05) is 33.4 Å². The van der Waals surface area contributed by atoms with Gasteiger partial charge in [-0.1, -0.05) is 6.07 Å². The number of fused-ring (bicyclic) bond motifs is 2. The Bertz CT molecular complexity index is 1250. The Hall–Kier alpha value is -2.53. The third kappa shape index (κ3) is 4.81. The number of thiazole rings is 1. The average molecular weight is 497 g/mol. The smallest absolute Gasteiger partial charge is 0.226 e. The molecule has 178 valence electrons. The minimum Gasteiger partial charge on any atom is -0.383 e. The molecule has 0 bridgehead atoms. The normalized spacial score (nSPS) is 19.7. The first kappa shape index (κ1) is 23.2. The number of thioether (sulfide) groups is 1. The van der Waals surface area contributed by atoms with Gasteiger partial charge in [-0.2, -0.15) is 0 Å². The highest BCUT2D eigenvalue weighted by molar-refractivity contribution is 8.04. The van der Waals surface area contributed by atoms with Gasteiger partial charge in [0.05, 0.1) is 40.6 Å². The molecule has 2 aromatic heterocycles. The first-order chi connectivity index (χ1) is 16.6. The van der Waals surface area contributed by atoms with E-state index < -0.39 is 0 Å². The molecule has 4 heterocycles. The summed E-state index contributed by atoms with van der Waals surface area (Å²) in [6.07, 6.45) is 7.14.